The molecule has 0 radical (unpaired) electrons. The summed E-state index contributed by atoms with van der Waals surface area (Å²) in [6.45, 7) is 8.42. The Morgan fingerprint density at radius 3 is 2.63 bits per heavy atom. The van der Waals surface area contributed by atoms with Crippen molar-refractivity contribution in [3.05, 3.63) is 0 Å². The van der Waals surface area contributed by atoms with Crippen LogP contribution in [0.15, 0.2) is 0 Å². The first-order valence-corrected chi connectivity index (χ1v) is 7.13. The van der Waals surface area contributed by atoms with E-state index in [1.165, 1.54) is 11.3 Å². The van der Waals surface area contributed by atoms with Gasteiger partial charge in [-0.2, -0.15) is 0 Å². The molecule has 0 aromatic carbocycles. The molecule has 1 unspecified atom stereocenters. The second-order valence-corrected chi connectivity index (χ2v) is 6.48. The minimum absolute atomic E-state index is 0.210. The molecule has 3 N–H and O–H groups in total. The lowest BCUT2D eigenvalue weighted by molar-refractivity contribution is 0.0383. The normalized spacial score (nSPS) is 22.0. The van der Waals surface area contributed by atoms with Crippen LogP contribution in [0.1, 0.15) is 40.0 Å². The molecule has 5 nitrogen and oxygen atoms in total. The van der Waals surface area contributed by atoms with E-state index in [2.05, 4.69) is 0 Å². The third-order valence-electron chi connectivity index (χ3n) is 3.74. The molecule has 1 rings (SSSR count). The van der Waals surface area contributed by atoms with Gasteiger partial charge >= 0.3 is 6.09 Å². The Kier molecular flexibility index (Phi) is 6.07. The van der Waals surface area contributed by atoms with Gasteiger partial charge < -0.3 is 20.5 Å². The average Bonchev–Trinajstić information content (AvgIpc) is 2.33. The lowest BCUT2D eigenvalue weighted by Gasteiger charge is -2.36. The molecule has 19 heavy (non-hydrogen) atoms. The van der Waals surface area contributed by atoms with E-state index < -0.39 is 6.09 Å². The maximum atomic E-state index is 11.4. The van der Waals surface area contributed by atoms with Crippen molar-refractivity contribution < 1.29 is 14.6 Å². The van der Waals surface area contributed by atoms with Gasteiger partial charge in [-0.3, -0.25) is 0 Å². The summed E-state index contributed by atoms with van der Waals surface area (Å²) in [5.41, 5.74) is 5.43. The monoisotopic (exact) mass is 272 g/mol. The molecule has 0 aromatic heterocycles. The van der Waals surface area contributed by atoms with Crippen molar-refractivity contribution in [2.24, 2.45) is 17.6 Å². The summed E-state index contributed by atoms with van der Waals surface area (Å²) in [5.74, 6) is 0.736. The van der Waals surface area contributed by atoms with Crippen LogP contribution in [0.5, 0.6) is 0 Å². The molecule has 0 aromatic rings. The highest BCUT2D eigenvalue weighted by Gasteiger charge is 2.29. The van der Waals surface area contributed by atoms with Gasteiger partial charge in [0.15, 0.2) is 0 Å². The highest BCUT2D eigenvalue weighted by molar-refractivity contribution is 5.66. The molecule has 1 saturated heterocycles. The first-order chi connectivity index (χ1) is 8.84. The molecule has 1 fully saturated rings. The number of hydrogen-bond donors (Lipinski definition) is 2. The van der Waals surface area contributed by atoms with E-state index in [0.717, 1.165) is 26.1 Å². The maximum absolute atomic E-state index is 11.4. The summed E-state index contributed by atoms with van der Waals surface area (Å²) in [4.78, 5) is 12.8. The van der Waals surface area contributed by atoms with Crippen molar-refractivity contribution in [1.29, 1.82) is 0 Å². The molecule has 112 valence electrons. The Bertz CT molecular complexity index is 283. The maximum Gasteiger partial charge on any atom is 0.407 e. The van der Waals surface area contributed by atoms with Crippen molar-refractivity contribution >= 4 is 6.09 Å². The Morgan fingerprint density at radius 2 is 2.21 bits per heavy atom. The van der Waals surface area contributed by atoms with Crippen molar-refractivity contribution in [1.82, 2.24) is 4.90 Å². The molecule has 1 amide bonds. The van der Waals surface area contributed by atoms with E-state index in [1.54, 1.807) is 0 Å². The summed E-state index contributed by atoms with van der Waals surface area (Å²) in [5, 5.41) is 9.32. The van der Waals surface area contributed by atoms with Crippen LogP contribution in [-0.2, 0) is 4.74 Å². The van der Waals surface area contributed by atoms with Crippen LogP contribution in [0.4, 0.5) is 4.79 Å². The average molecular weight is 272 g/mol. The predicted molar refractivity (Wildman–Crippen MR) is 75.2 cm³/mol. The quantitative estimate of drug-likeness (QED) is 0.804. The molecule has 0 aliphatic carbocycles. The predicted octanol–water partition coefficient (Wildman–Crippen LogP) is 2.16. The molecule has 0 bridgehead atoms. The molecular weight excluding hydrogens is 244 g/mol. The van der Waals surface area contributed by atoms with E-state index in [9.17, 15) is 9.90 Å². The Hall–Kier alpha value is -0.810. The van der Waals surface area contributed by atoms with Crippen LogP contribution in [0.2, 0.25) is 0 Å². The molecule has 2 atom stereocenters. The Balaban J connectivity index is 2.55. The zero-order valence-corrected chi connectivity index (χ0v) is 12.4. The molecule has 1 aliphatic rings. The van der Waals surface area contributed by atoms with Gasteiger partial charge in [0.25, 0.3) is 0 Å². The second-order valence-electron chi connectivity index (χ2n) is 6.48. The van der Waals surface area contributed by atoms with Gasteiger partial charge in [-0.25, -0.2) is 4.79 Å². The number of nitrogens with two attached hydrogens (primary N) is 1. The molecular formula is C14H28N2O3. The van der Waals surface area contributed by atoms with Crippen molar-refractivity contribution in [2.75, 3.05) is 26.3 Å². The van der Waals surface area contributed by atoms with Crippen LogP contribution in [0.3, 0.4) is 0 Å². The number of carbonyl (C=O) groups is 1. The second kappa shape index (κ2) is 7.10. The van der Waals surface area contributed by atoms with Crippen molar-refractivity contribution in [2.45, 2.75) is 45.6 Å². The van der Waals surface area contributed by atoms with Gasteiger partial charge in [-0.05, 0) is 58.4 Å². The van der Waals surface area contributed by atoms with Crippen molar-refractivity contribution in [3.63, 3.8) is 0 Å². The van der Waals surface area contributed by atoms with E-state index in [1.807, 2.05) is 20.8 Å². The minimum Gasteiger partial charge on any atom is -0.465 e. The SMILES string of the molecule is CC(C)(C)N(CC(CN)C[C@@H]1CCCOC1)C(=O)O. The third kappa shape index (κ3) is 5.37. The third-order valence-corrected chi connectivity index (χ3v) is 3.74. The fourth-order valence-electron chi connectivity index (χ4n) is 2.61. The topological polar surface area (TPSA) is 75.8 Å². The number of hydrogen-bond acceptors (Lipinski definition) is 3. The fourth-order valence-corrected chi connectivity index (χ4v) is 2.61. The largest absolute Gasteiger partial charge is 0.465 e. The van der Waals surface area contributed by atoms with Gasteiger partial charge in [-0.1, -0.05) is 0 Å². The number of carboxylic acid groups (broad SMARTS) is 1. The van der Waals surface area contributed by atoms with E-state index in [-0.39, 0.29) is 11.5 Å². The standard InChI is InChI=1S/C14H28N2O3/c1-14(2,3)16(13(17)18)9-12(8-15)7-11-5-4-6-19-10-11/h11-12H,4-10,15H2,1-3H3,(H,17,18)/t11-,12?/m0/s1. The van der Waals surface area contributed by atoms with Gasteiger partial charge in [0, 0.05) is 25.3 Å². The zero-order chi connectivity index (χ0) is 14.5. The van der Waals surface area contributed by atoms with Crippen LogP contribution >= 0.6 is 0 Å². The van der Waals surface area contributed by atoms with Gasteiger partial charge in [0.2, 0.25) is 0 Å². The van der Waals surface area contributed by atoms with E-state index in [4.69, 9.17) is 10.5 Å². The van der Waals surface area contributed by atoms with Gasteiger partial charge in [0.05, 0.1) is 0 Å². The first kappa shape index (κ1) is 16.2. The molecule has 5 heteroatoms. The summed E-state index contributed by atoms with van der Waals surface area (Å²) in [6.07, 6.45) is 2.35. The lowest BCUT2D eigenvalue weighted by atomic mass is 9.89. The van der Waals surface area contributed by atoms with Crippen LogP contribution in [0.25, 0.3) is 0 Å². The summed E-state index contributed by atoms with van der Waals surface area (Å²) in [6, 6.07) is 0. The number of amides is 1. The zero-order valence-electron chi connectivity index (χ0n) is 12.4. The molecule has 0 spiro atoms. The molecule has 1 aliphatic heterocycles. The Morgan fingerprint density at radius 1 is 1.53 bits per heavy atom. The minimum atomic E-state index is -0.870. The fraction of sp³-hybridized carbons (Fsp3) is 0.929. The summed E-state index contributed by atoms with van der Waals surface area (Å²) in [7, 11) is 0. The van der Waals surface area contributed by atoms with Crippen LogP contribution in [-0.4, -0.2) is 47.9 Å². The summed E-state index contributed by atoms with van der Waals surface area (Å²) < 4.78 is 5.48. The Labute approximate surface area is 116 Å². The molecule has 0 saturated carbocycles. The van der Waals surface area contributed by atoms with E-state index >= 15 is 0 Å². The highest BCUT2D eigenvalue weighted by Crippen LogP contribution is 2.24. The number of ether oxygens (including phenoxy) is 1. The van der Waals surface area contributed by atoms with Gasteiger partial charge in [-0.15, -0.1) is 0 Å². The first-order valence-electron chi connectivity index (χ1n) is 7.13. The molecule has 1 heterocycles. The van der Waals surface area contributed by atoms with Crippen molar-refractivity contribution in [3.8, 4) is 0 Å². The van der Waals surface area contributed by atoms with Crippen LogP contribution < -0.4 is 5.73 Å². The van der Waals surface area contributed by atoms with Gasteiger partial charge in [0.1, 0.15) is 0 Å². The summed E-state index contributed by atoms with van der Waals surface area (Å²) >= 11 is 0. The van der Waals surface area contributed by atoms with Crippen LogP contribution in [0, 0.1) is 11.8 Å². The number of nitrogens with zero attached hydrogens (tertiary/aromatic N) is 1. The van der Waals surface area contributed by atoms with E-state index in [0.29, 0.717) is 19.0 Å². The highest BCUT2D eigenvalue weighted by atomic mass is 16.5. The smallest absolute Gasteiger partial charge is 0.407 e. The number of rotatable bonds is 5. The lowest BCUT2D eigenvalue weighted by Crippen LogP contribution is -2.48.